The zero-order valence-corrected chi connectivity index (χ0v) is 14.8. The van der Waals surface area contributed by atoms with Crippen LogP contribution >= 0.6 is 11.8 Å². The zero-order chi connectivity index (χ0) is 17.2. The van der Waals surface area contributed by atoms with Crippen molar-refractivity contribution in [3.05, 3.63) is 66.9 Å². The third kappa shape index (κ3) is 2.98. The third-order valence-corrected chi connectivity index (χ3v) is 4.75. The number of aromatic nitrogens is 3. The predicted molar refractivity (Wildman–Crippen MR) is 102 cm³/mol. The summed E-state index contributed by atoms with van der Waals surface area (Å²) in [5, 5.41) is 5.21. The molecular weight excluding hydrogens is 330 g/mol. The van der Waals surface area contributed by atoms with Gasteiger partial charge in [-0.2, -0.15) is 5.10 Å². The van der Waals surface area contributed by atoms with E-state index >= 15 is 0 Å². The molecule has 0 radical (unpaired) electrons. The summed E-state index contributed by atoms with van der Waals surface area (Å²) in [7, 11) is 1.68. The number of ether oxygens (including phenoxy) is 1. The summed E-state index contributed by atoms with van der Waals surface area (Å²) in [4.78, 5) is 4.77. The summed E-state index contributed by atoms with van der Waals surface area (Å²) >= 11 is 1.59. The summed E-state index contributed by atoms with van der Waals surface area (Å²) < 4.78 is 7.10. The highest BCUT2D eigenvalue weighted by atomic mass is 32.2. The molecule has 0 saturated heterocycles. The molecule has 2 aromatic carbocycles. The van der Waals surface area contributed by atoms with E-state index < -0.39 is 0 Å². The lowest BCUT2D eigenvalue weighted by Gasteiger charge is -2.09. The number of hydrogen-bond acceptors (Lipinski definition) is 4. The zero-order valence-electron chi connectivity index (χ0n) is 14.0. The van der Waals surface area contributed by atoms with E-state index in [4.69, 9.17) is 9.72 Å². The molecule has 2 heterocycles. The van der Waals surface area contributed by atoms with E-state index in [2.05, 4.69) is 47.6 Å². The van der Waals surface area contributed by atoms with Crippen molar-refractivity contribution in [2.24, 2.45) is 0 Å². The average molecular weight is 347 g/mol. The first-order valence-corrected chi connectivity index (χ1v) is 9.14. The number of fused-ring (bicyclic) bond motifs is 1. The Hall–Kier alpha value is -2.79. The maximum absolute atomic E-state index is 5.24. The molecule has 124 valence electrons. The number of benzene rings is 2. The van der Waals surface area contributed by atoms with E-state index in [-0.39, 0.29) is 0 Å². The van der Waals surface area contributed by atoms with Crippen LogP contribution in [-0.2, 0) is 0 Å². The molecule has 0 N–H and O–H groups in total. The van der Waals surface area contributed by atoms with Gasteiger partial charge in [0.25, 0.3) is 0 Å². The molecule has 0 spiro atoms. The van der Waals surface area contributed by atoms with Crippen molar-refractivity contribution in [3.8, 4) is 28.1 Å². The van der Waals surface area contributed by atoms with E-state index in [9.17, 15) is 0 Å². The Morgan fingerprint density at radius 1 is 0.920 bits per heavy atom. The van der Waals surface area contributed by atoms with Crippen LogP contribution in [-0.4, -0.2) is 28.0 Å². The van der Waals surface area contributed by atoms with Crippen LogP contribution in [0.3, 0.4) is 0 Å². The first-order valence-electron chi connectivity index (χ1n) is 7.92. The Kier molecular flexibility index (Phi) is 4.15. The van der Waals surface area contributed by atoms with Gasteiger partial charge in [-0.1, -0.05) is 42.1 Å². The van der Waals surface area contributed by atoms with Gasteiger partial charge in [-0.05, 0) is 47.7 Å². The van der Waals surface area contributed by atoms with Crippen LogP contribution in [0.5, 0.6) is 5.75 Å². The van der Waals surface area contributed by atoms with Crippen LogP contribution < -0.4 is 4.74 Å². The minimum absolute atomic E-state index is 0.859. The van der Waals surface area contributed by atoms with Gasteiger partial charge in [0.2, 0.25) is 0 Å². The van der Waals surface area contributed by atoms with Crippen LogP contribution in [0.4, 0.5) is 0 Å². The topological polar surface area (TPSA) is 39.4 Å². The smallest absolute Gasteiger partial charge is 0.189 e. The lowest BCUT2D eigenvalue weighted by Crippen LogP contribution is -1.97. The highest BCUT2D eigenvalue weighted by molar-refractivity contribution is 7.98. The van der Waals surface area contributed by atoms with Gasteiger partial charge in [0.05, 0.1) is 24.5 Å². The van der Waals surface area contributed by atoms with E-state index in [1.54, 1.807) is 25.1 Å². The average Bonchev–Trinajstić information content (AvgIpc) is 3.16. The van der Waals surface area contributed by atoms with E-state index in [1.165, 1.54) is 0 Å². The highest BCUT2D eigenvalue weighted by Gasteiger charge is 2.09. The Morgan fingerprint density at radius 2 is 1.72 bits per heavy atom. The Balaban J connectivity index is 1.78. The lowest BCUT2D eigenvalue weighted by molar-refractivity contribution is 0.415. The van der Waals surface area contributed by atoms with Crippen molar-refractivity contribution >= 4 is 17.3 Å². The van der Waals surface area contributed by atoms with Gasteiger partial charge < -0.3 is 4.74 Å². The molecule has 0 saturated carbocycles. The predicted octanol–water partition coefficient (Wildman–Crippen LogP) is 4.79. The highest BCUT2D eigenvalue weighted by Crippen LogP contribution is 2.28. The monoisotopic (exact) mass is 347 g/mol. The summed E-state index contributed by atoms with van der Waals surface area (Å²) in [5.74, 6) is 0.859. The van der Waals surface area contributed by atoms with Crippen LogP contribution in [0.15, 0.2) is 72.0 Å². The molecule has 4 rings (SSSR count). The minimum atomic E-state index is 0.859. The molecule has 0 unspecified atom stereocenters. The number of nitrogens with zero attached hydrogens (tertiary/aromatic N) is 3. The Labute approximate surface area is 150 Å². The maximum Gasteiger partial charge on any atom is 0.189 e. The van der Waals surface area contributed by atoms with Crippen LogP contribution in [0.2, 0.25) is 0 Å². The quantitative estimate of drug-likeness (QED) is 0.393. The number of methoxy groups -OCH3 is 1. The van der Waals surface area contributed by atoms with Crippen LogP contribution in [0.1, 0.15) is 0 Å². The Bertz CT molecular complexity index is 1020. The molecule has 2 aromatic heterocycles. The molecule has 0 aliphatic heterocycles. The molecule has 5 heteroatoms. The summed E-state index contributed by atoms with van der Waals surface area (Å²) in [6, 6.07) is 20.6. The summed E-state index contributed by atoms with van der Waals surface area (Å²) in [6.45, 7) is 0. The molecule has 0 bridgehead atoms. The molecule has 0 atom stereocenters. The second-order valence-corrected chi connectivity index (χ2v) is 6.38. The summed E-state index contributed by atoms with van der Waals surface area (Å²) in [5.41, 5.74) is 5.39. The summed E-state index contributed by atoms with van der Waals surface area (Å²) in [6.07, 6.45) is 3.81. The molecule has 4 nitrogen and oxygen atoms in total. The molecule has 0 amide bonds. The molecular formula is C20H17N3OS. The first kappa shape index (κ1) is 15.7. The molecule has 0 fully saturated rings. The largest absolute Gasteiger partial charge is 0.497 e. The van der Waals surface area contributed by atoms with Crippen molar-refractivity contribution in [3.63, 3.8) is 0 Å². The van der Waals surface area contributed by atoms with Gasteiger partial charge in [-0.25, -0.2) is 9.50 Å². The second-order valence-electron chi connectivity index (χ2n) is 5.61. The third-order valence-electron chi connectivity index (χ3n) is 4.12. The van der Waals surface area contributed by atoms with Gasteiger partial charge in [-0.15, -0.1) is 0 Å². The molecule has 4 aromatic rings. The van der Waals surface area contributed by atoms with Crippen molar-refractivity contribution in [1.29, 1.82) is 0 Å². The number of hydrogen-bond donors (Lipinski definition) is 0. The van der Waals surface area contributed by atoms with Crippen LogP contribution in [0, 0.1) is 0 Å². The van der Waals surface area contributed by atoms with Gasteiger partial charge in [0, 0.05) is 5.56 Å². The van der Waals surface area contributed by atoms with Gasteiger partial charge in [0.1, 0.15) is 5.75 Å². The number of thioether (sulfide) groups is 1. The van der Waals surface area contributed by atoms with Gasteiger partial charge in [0.15, 0.2) is 5.16 Å². The number of rotatable bonds is 4. The van der Waals surface area contributed by atoms with E-state index in [0.717, 1.165) is 38.8 Å². The fourth-order valence-corrected chi connectivity index (χ4v) is 3.34. The minimum Gasteiger partial charge on any atom is -0.497 e. The van der Waals surface area contributed by atoms with E-state index in [0.29, 0.717) is 0 Å². The molecule has 0 aliphatic carbocycles. The van der Waals surface area contributed by atoms with Crippen molar-refractivity contribution < 1.29 is 4.74 Å². The Morgan fingerprint density at radius 3 is 2.48 bits per heavy atom. The van der Waals surface area contributed by atoms with Crippen LogP contribution in [0.25, 0.3) is 27.9 Å². The maximum atomic E-state index is 5.24. The first-order chi connectivity index (χ1) is 12.3. The molecule has 0 aliphatic rings. The van der Waals surface area contributed by atoms with Crippen molar-refractivity contribution in [1.82, 2.24) is 14.6 Å². The van der Waals surface area contributed by atoms with Crippen molar-refractivity contribution in [2.45, 2.75) is 5.16 Å². The molecule has 25 heavy (non-hydrogen) atoms. The van der Waals surface area contributed by atoms with Gasteiger partial charge in [-0.3, -0.25) is 0 Å². The standard InChI is InChI=1S/C20H17N3OS/c1-24-18-8-6-14(7-9-18)15-4-3-5-16(12-15)19-13-17-10-11-21-23(17)20(22-19)25-2/h3-13H,1-2H3. The lowest BCUT2D eigenvalue weighted by atomic mass is 10.0. The van der Waals surface area contributed by atoms with Gasteiger partial charge >= 0.3 is 0 Å². The fraction of sp³-hybridized carbons (Fsp3) is 0.100. The normalized spacial score (nSPS) is 11.0. The SMILES string of the molecule is COc1ccc(-c2cccc(-c3cc4ccnn4c(SC)n3)c2)cc1. The van der Waals surface area contributed by atoms with E-state index in [1.807, 2.05) is 29.0 Å². The fourth-order valence-electron chi connectivity index (χ4n) is 2.83. The van der Waals surface area contributed by atoms with Crippen molar-refractivity contribution in [2.75, 3.05) is 13.4 Å². The second kappa shape index (κ2) is 6.61.